The van der Waals surface area contributed by atoms with Crippen LogP contribution in [0.4, 0.5) is 28.0 Å². The van der Waals surface area contributed by atoms with Gasteiger partial charge in [-0.05, 0) is 36.4 Å². The number of likely N-dealkylation sites (tertiary alicyclic amines) is 1. The number of hydrogen-bond donors (Lipinski definition) is 1. The third-order valence-electron chi connectivity index (χ3n) is 4.50. The monoisotopic (exact) mass is 406 g/mol. The smallest absolute Gasteiger partial charge is 0.339 e. The van der Waals surface area contributed by atoms with Crippen molar-refractivity contribution in [1.29, 1.82) is 0 Å². The number of carbonyl (C=O) groups excluding carboxylic acids is 1. The minimum atomic E-state index is -4.46. The Morgan fingerprint density at radius 3 is 2.55 bits per heavy atom. The van der Waals surface area contributed by atoms with E-state index in [1.165, 1.54) is 41.3 Å². The van der Waals surface area contributed by atoms with Crippen LogP contribution in [0.25, 0.3) is 11.4 Å². The van der Waals surface area contributed by atoms with E-state index in [1.54, 1.807) is 0 Å². The zero-order chi connectivity index (χ0) is 20.6. The zero-order valence-electron chi connectivity index (χ0n) is 14.8. The van der Waals surface area contributed by atoms with Crippen LogP contribution in [0.15, 0.2) is 53.1 Å². The van der Waals surface area contributed by atoms with Crippen molar-refractivity contribution in [2.24, 2.45) is 0 Å². The van der Waals surface area contributed by atoms with E-state index in [0.717, 1.165) is 12.1 Å². The highest BCUT2D eigenvalue weighted by atomic mass is 19.4. The van der Waals surface area contributed by atoms with Gasteiger partial charge in [0.15, 0.2) is 0 Å². The van der Waals surface area contributed by atoms with Gasteiger partial charge in [0.2, 0.25) is 11.7 Å². The molecule has 0 unspecified atom stereocenters. The fourth-order valence-corrected chi connectivity index (χ4v) is 2.89. The zero-order valence-corrected chi connectivity index (χ0v) is 14.8. The van der Waals surface area contributed by atoms with Crippen molar-refractivity contribution >= 4 is 11.7 Å². The van der Waals surface area contributed by atoms with Gasteiger partial charge in [0.05, 0.1) is 11.5 Å². The molecule has 0 aliphatic carbocycles. The predicted octanol–water partition coefficient (Wildman–Crippen LogP) is 4.53. The number of urea groups is 1. The van der Waals surface area contributed by atoms with E-state index < -0.39 is 17.6 Å². The fourth-order valence-electron chi connectivity index (χ4n) is 2.89. The summed E-state index contributed by atoms with van der Waals surface area (Å²) in [5.41, 5.74) is -0.141. The van der Waals surface area contributed by atoms with Crippen LogP contribution in [0.2, 0.25) is 0 Å². The minimum absolute atomic E-state index is 0.0558. The molecule has 10 heteroatoms. The number of anilines is 1. The van der Waals surface area contributed by atoms with E-state index in [4.69, 9.17) is 4.52 Å². The number of carbonyl (C=O) groups is 1. The van der Waals surface area contributed by atoms with Crippen LogP contribution < -0.4 is 5.32 Å². The second-order valence-electron chi connectivity index (χ2n) is 6.57. The SMILES string of the molecule is O=C(Nc1ccc(F)cc1)N1CC(c2nc(-c3cccc(C(F)(F)F)c3)no2)C1. The Morgan fingerprint density at radius 1 is 1.14 bits per heavy atom. The van der Waals surface area contributed by atoms with Crippen molar-refractivity contribution in [3.63, 3.8) is 0 Å². The van der Waals surface area contributed by atoms with Gasteiger partial charge in [-0.25, -0.2) is 9.18 Å². The van der Waals surface area contributed by atoms with Crippen LogP contribution >= 0.6 is 0 Å². The average Bonchev–Trinajstić information content (AvgIpc) is 3.11. The Bertz CT molecular complexity index is 1030. The van der Waals surface area contributed by atoms with E-state index in [1.807, 2.05) is 0 Å². The van der Waals surface area contributed by atoms with Gasteiger partial charge < -0.3 is 14.7 Å². The number of hydrogen-bond acceptors (Lipinski definition) is 4. The first-order chi connectivity index (χ1) is 13.8. The minimum Gasteiger partial charge on any atom is -0.339 e. The van der Waals surface area contributed by atoms with Crippen LogP contribution in [0.5, 0.6) is 0 Å². The summed E-state index contributed by atoms with van der Waals surface area (Å²) >= 11 is 0. The molecule has 3 aromatic rings. The van der Waals surface area contributed by atoms with E-state index in [9.17, 15) is 22.4 Å². The van der Waals surface area contributed by atoms with Crippen LogP contribution in [0, 0.1) is 5.82 Å². The van der Waals surface area contributed by atoms with Crippen molar-refractivity contribution in [3.8, 4) is 11.4 Å². The van der Waals surface area contributed by atoms with E-state index >= 15 is 0 Å². The molecule has 2 amide bonds. The first-order valence-electron chi connectivity index (χ1n) is 8.62. The highest BCUT2D eigenvalue weighted by Gasteiger charge is 2.36. The third-order valence-corrected chi connectivity index (χ3v) is 4.50. The lowest BCUT2D eigenvalue weighted by atomic mass is 10.0. The molecule has 0 bridgehead atoms. The number of amides is 2. The Labute approximate surface area is 162 Å². The second-order valence-corrected chi connectivity index (χ2v) is 6.57. The molecule has 1 saturated heterocycles. The number of benzene rings is 2. The summed E-state index contributed by atoms with van der Waals surface area (Å²) in [4.78, 5) is 17.8. The van der Waals surface area contributed by atoms with Crippen molar-refractivity contribution in [2.45, 2.75) is 12.1 Å². The second kappa shape index (κ2) is 7.19. The summed E-state index contributed by atoms with van der Waals surface area (Å²) in [6, 6.07) is 9.68. The Hall–Kier alpha value is -3.43. The summed E-state index contributed by atoms with van der Waals surface area (Å²) < 4.78 is 56.6. The van der Waals surface area contributed by atoms with Crippen LogP contribution in [-0.2, 0) is 6.18 Å². The normalized spacial score (nSPS) is 14.6. The van der Waals surface area contributed by atoms with Crippen molar-refractivity contribution in [2.75, 3.05) is 18.4 Å². The van der Waals surface area contributed by atoms with E-state index in [0.29, 0.717) is 18.8 Å². The average molecular weight is 406 g/mol. The molecule has 0 spiro atoms. The number of nitrogens with zero attached hydrogens (tertiary/aromatic N) is 3. The number of alkyl halides is 3. The van der Waals surface area contributed by atoms with Gasteiger partial charge in [-0.2, -0.15) is 18.2 Å². The lowest BCUT2D eigenvalue weighted by Gasteiger charge is -2.36. The molecule has 1 aromatic heterocycles. The summed E-state index contributed by atoms with van der Waals surface area (Å²) in [6.45, 7) is 0.633. The summed E-state index contributed by atoms with van der Waals surface area (Å²) in [6.07, 6.45) is -4.46. The van der Waals surface area contributed by atoms with Crippen LogP contribution in [-0.4, -0.2) is 34.2 Å². The molecule has 4 rings (SSSR count). The van der Waals surface area contributed by atoms with Gasteiger partial charge in [-0.1, -0.05) is 17.3 Å². The van der Waals surface area contributed by atoms with E-state index in [-0.39, 0.29) is 29.2 Å². The first kappa shape index (κ1) is 18.9. The summed E-state index contributed by atoms with van der Waals surface area (Å²) in [5.74, 6) is -0.301. The van der Waals surface area contributed by atoms with Gasteiger partial charge in [0, 0.05) is 24.3 Å². The van der Waals surface area contributed by atoms with Gasteiger partial charge in [-0.15, -0.1) is 0 Å². The molecule has 150 valence electrons. The van der Waals surface area contributed by atoms with E-state index in [2.05, 4.69) is 15.5 Å². The Balaban J connectivity index is 1.38. The first-order valence-corrected chi connectivity index (χ1v) is 8.62. The largest absolute Gasteiger partial charge is 0.416 e. The lowest BCUT2D eigenvalue weighted by Crippen LogP contribution is -2.50. The number of aromatic nitrogens is 2. The Morgan fingerprint density at radius 2 is 1.86 bits per heavy atom. The maximum atomic E-state index is 12.9. The van der Waals surface area contributed by atoms with Gasteiger partial charge in [0.1, 0.15) is 5.82 Å². The summed E-state index contributed by atoms with van der Waals surface area (Å²) in [7, 11) is 0. The molecule has 0 saturated carbocycles. The molecule has 0 atom stereocenters. The van der Waals surface area contributed by atoms with Gasteiger partial charge in [0.25, 0.3) is 0 Å². The quantitative estimate of drug-likeness (QED) is 0.649. The van der Waals surface area contributed by atoms with Crippen LogP contribution in [0.1, 0.15) is 17.4 Å². The molecule has 29 heavy (non-hydrogen) atoms. The molecule has 0 radical (unpaired) electrons. The maximum absolute atomic E-state index is 12.9. The highest BCUT2D eigenvalue weighted by molar-refractivity contribution is 5.89. The van der Waals surface area contributed by atoms with Crippen LogP contribution in [0.3, 0.4) is 0 Å². The summed E-state index contributed by atoms with van der Waals surface area (Å²) in [5, 5.41) is 6.39. The molecule has 6 nitrogen and oxygen atoms in total. The maximum Gasteiger partial charge on any atom is 0.416 e. The molecule has 1 fully saturated rings. The van der Waals surface area contributed by atoms with Gasteiger partial charge in [-0.3, -0.25) is 0 Å². The standard InChI is InChI=1S/C19H14F4N4O2/c20-14-4-6-15(7-5-14)24-18(28)27-9-12(10-27)17-25-16(26-29-17)11-2-1-3-13(8-11)19(21,22)23/h1-8,12H,9-10H2,(H,24,28). The van der Waals surface area contributed by atoms with Crippen molar-refractivity contribution in [1.82, 2.24) is 15.0 Å². The number of rotatable bonds is 3. The third kappa shape index (κ3) is 4.05. The number of halogens is 4. The molecule has 1 N–H and O–H groups in total. The molecular formula is C19H14F4N4O2. The fraction of sp³-hybridized carbons (Fsp3) is 0.211. The van der Waals surface area contributed by atoms with Crippen molar-refractivity contribution < 1.29 is 26.9 Å². The predicted molar refractivity (Wildman–Crippen MR) is 94.5 cm³/mol. The number of nitrogens with one attached hydrogen (secondary N) is 1. The lowest BCUT2D eigenvalue weighted by molar-refractivity contribution is -0.137. The highest BCUT2D eigenvalue weighted by Crippen LogP contribution is 2.32. The van der Waals surface area contributed by atoms with Crippen molar-refractivity contribution in [3.05, 3.63) is 65.8 Å². The molecule has 2 heterocycles. The molecule has 2 aromatic carbocycles. The molecule has 1 aliphatic heterocycles. The topological polar surface area (TPSA) is 71.3 Å². The molecule has 1 aliphatic rings. The molecular weight excluding hydrogens is 392 g/mol. The van der Waals surface area contributed by atoms with Gasteiger partial charge >= 0.3 is 12.2 Å². The Kier molecular flexibility index (Phi) is 4.69.